The highest BCUT2D eigenvalue weighted by atomic mass is 79.9. The maximum absolute atomic E-state index is 6.20. The standard InChI is InChI=1S/C15H13BrCl3N/c1-9(13-5-4-12(17)7-15(13)19)20-8-10-2-3-11(16)6-14(10)18/h2-7,9,20H,8H2,1H3. The minimum atomic E-state index is 0.111. The Morgan fingerprint density at radius 2 is 1.80 bits per heavy atom. The van der Waals surface area contributed by atoms with Crippen molar-refractivity contribution in [3.63, 3.8) is 0 Å². The highest BCUT2D eigenvalue weighted by Gasteiger charge is 2.10. The van der Waals surface area contributed by atoms with Crippen molar-refractivity contribution >= 4 is 50.7 Å². The summed E-state index contributed by atoms with van der Waals surface area (Å²) >= 11 is 21.7. The maximum atomic E-state index is 6.20. The lowest BCUT2D eigenvalue weighted by atomic mass is 10.1. The quantitative estimate of drug-likeness (QED) is 0.646. The molecule has 1 N–H and O–H groups in total. The van der Waals surface area contributed by atoms with Crippen LogP contribution in [0.5, 0.6) is 0 Å². The van der Waals surface area contributed by atoms with Gasteiger partial charge >= 0.3 is 0 Å². The van der Waals surface area contributed by atoms with E-state index in [-0.39, 0.29) is 6.04 Å². The first-order valence-corrected chi connectivity index (χ1v) is 8.02. The zero-order valence-corrected chi connectivity index (χ0v) is 14.6. The first-order chi connectivity index (χ1) is 9.47. The second-order valence-corrected chi connectivity index (χ2v) is 6.67. The van der Waals surface area contributed by atoms with Crippen LogP contribution in [0.4, 0.5) is 0 Å². The van der Waals surface area contributed by atoms with Gasteiger partial charge in [0.05, 0.1) is 0 Å². The number of benzene rings is 2. The van der Waals surface area contributed by atoms with Gasteiger partial charge in [0, 0.05) is 32.1 Å². The van der Waals surface area contributed by atoms with E-state index < -0.39 is 0 Å². The Balaban J connectivity index is 2.06. The fourth-order valence-electron chi connectivity index (χ4n) is 1.89. The summed E-state index contributed by atoms with van der Waals surface area (Å²) in [5.41, 5.74) is 2.07. The molecule has 0 aliphatic heterocycles. The van der Waals surface area contributed by atoms with Crippen molar-refractivity contribution in [2.24, 2.45) is 0 Å². The van der Waals surface area contributed by atoms with Gasteiger partial charge in [0.1, 0.15) is 0 Å². The van der Waals surface area contributed by atoms with E-state index in [0.29, 0.717) is 16.6 Å². The normalized spacial score (nSPS) is 12.4. The maximum Gasteiger partial charge on any atom is 0.0468 e. The number of rotatable bonds is 4. The van der Waals surface area contributed by atoms with Crippen LogP contribution in [0.1, 0.15) is 24.1 Å². The Labute approximate surface area is 142 Å². The first kappa shape index (κ1) is 16.1. The van der Waals surface area contributed by atoms with Crippen LogP contribution < -0.4 is 5.32 Å². The van der Waals surface area contributed by atoms with Crippen LogP contribution in [0.25, 0.3) is 0 Å². The van der Waals surface area contributed by atoms with Crippen molar-refractivity contribution in [2.75, 3.05) is 0 Å². The molecule has 5 heteroatoms. The van der Waals surface area contributed by atoms with Crippen LogP contribution in [0.3, 0.4) is 0 Å². The summed E-state index contributed by atoms with van der Waals surface area (Å²) in [5, 5.41) is 5.45. The monoisotopic (exact) mass is 391 g/mol. The molecule has 0 aliphatic carbocycles. The molecule has 2 aromatic rings. The molecule has 0 aliphatic rings. The Morgan fingerprint density at radius 3 is 2.45 bits per heavy atom. The molecular weight excluding hydrogens is 380 g/mol. The Morgan fingerprint density at radius 1 is 1.05 bits per heavy atom. The molecule has 0 saturated carbocycles. The van der Waals surface area contributed by atoms with Crippen LogP contribution >= 0.6 is 50.7 Å². The molecule has 0 amide bonds. The summed E-state index contributed by atoms with van der Waals surface area (Å²) in [6, 6.07) is 11.5. The van der Waals surface area contributed by atoms with Crippen LogP contribution in [-0.4, -0.2) is 0 Å². The summed E-state index contributed by atoms with van der Waals surface area (Å²) in [4.78, 5) is 0. The van der Waals surface area contributed by atoms with Crippen LogP contribution in [0.15, 0.2) is 40.9 Å². The van der Waals surface area contributed by atoms with E-state index in [0.717, 1.165) is 20.6 Å². The third-order valence-corrected chi connectivity index (χ3v) is 4.45. The van der Waals surface area contributed by atoms with E-state index in [1.807, 2.05) is 30.3 Å². The van der Waals surface area contributed by atoms with Gasteiger partial charge in [-0.05, 0) is 42.3 Å². The molecule has 1 nitrogen and oxygen atoms in total. The van der Waals surface area contributed by atoms with Crippen molar-refractivity contribution in [3.05, 3.63) is 67.1 Å². The van der Waals surface area contributed by atoms with Gasteiger partial charge in [0.2, 0.25) is 0 Å². The van der Waals surface area contributed by atoms with Crippen molar-refractivity contribution in [1.29, 1.82) is 0 Å². The first-order valence-electron chi connectivity index (χ1n) is 6.09. The topological polar surface area (TPSA) is 12.0 Å². The molecule has 2 aromatic carbocycles. The third kappa shape index (κ3) is 4.12. The van der Waals surface area contributed by atoms with Crippen LogP contribution in [0, 0.1) is 0 Å². The molecule has 0 saturated heterocycles. The lowest BCUT2D eigenvalue weighted by Gasteiger charge is -2.16. The third-order valence-electron chi connectivity index (χ3n) is 3.04. The lowest BCUT2D eigenvalue weighted by Crippen LogP contribution is -2.18. The molecule has 0 bridgehead atoms. The van der Waals surface area contributed by atoms with E-state index in [4.69, 9.17) is 34.8 Å². The van der Waals surface area contributed by atoms with Gasteiger partial charge < -0.3 is 5.32 Å². The minimum Gasteiger partial charge on any atom is -0.306 e. The van der Waals surface area contributed by atoms with Crippen molar-refractivity contribution in [3.8, 4) is 0 Å². The van der Waals surface area contributed by atoms with E-state index in [1.54, 1.807) is 6.07 Å². The predicted molar refractivity (Wildman–Crippen MR) is 90.9 cm³/mol. The molecule has 1 atom stereocenters. The zero-order valence-electron chi connectivity index (χ0n) is 10.8. The average Bonchev–Trinajstić information content (AvgIpc) is 2.37. The van der Waals surface area contributed by atoms with E-state index in [2.05, 4.69) is 28.2 Å². The molecule has 0 heterocycles. The second kappa shape index (κ2) is 7.15. The molecular formula is C15H13BrCl3N. The highest BCUT2D eigenvalue weighted by molar-refractivity contribution is 9.10. The van der Waals surface area contributed by atoms with Crippen molar-refractivity contribution in [2.45, 2.75) is 19.5 Å². The predicted octanol–water partition coefficient (Wildman–Crippen LogP) is 6.26. The van der Waals surface area contributed by atoms with Crippen molar-refractivity contribution < 1.29 is 0 Å². The molecule has 1 unspecified atom stereocenters. The summed E-state index contributed by atoms with van der Waals surface area (Å²) in [7, 11) is 0. The molecule has 2 rings (SSSR count). The zero-order chi connectivity index (χ0) is 14.7. The van der Waals surface area contributed by atoms with E-state index >= 15 is 0 Å². The lowest BCUT2D eigenvalue weighted by molar-refractivity contribution is 0.575. The smallest absolute Gasteiger partial charge is 0.0468 e. The molecule has 106 valence electrons. The molecule has 0 spiro atoms. The number of hydrogen-bond acceptors (Lipinski definition) is 1. The summed E-state index contributed by atoms with van der Waals surface area (Å²) in [6.07, 6.45) is 0. The summed E-state index contributed by atoms with van der Waals surface area (Å²) in [6.45, 7) is 2.73. The second-order valence-electron chi connectivity index (χ2n) is 4.50. The SMILES string of the molecule is CC(NCc1ccc(Br)cc1Cl)c1ccc(Cl)cc1Cl. The largest absolute Gasteiger partial charge is 0.306 e. The molecule has 0 radical (unpaired) electrons. The number of hydrogen-bond donors (Lipinski definition) is 1. The van der Waals surface area contributed by atoms with Gasteiger partial charge in [-0.25, -0.2) is 0 Å². The Hall–Kier alpha value is -0.250. The fourth-order valence-corrected chi connectivity index (χ4v) is 3.20. The van der Waals surface area contributed by atoms with Crippen molar-refractivity contribution in [1.82, 2.24) is 5.32 Å². The van der Waals surface area contributed by atoms with Gasteiger partial charge in [-0.3, -0.25) is 0 Å². The minimum absolute atomic E-state index is 0.111. The van der Waals surface area contributed by atoms with E-state index in [9.17, 15) is 0 Å². The fraction of sp³-hybridized carbons (Fsp3) is 0.200. The Bertz CT molecular complexity index is 616. The molecule has 0 aromatic heterocycles. The number of nitrogens with one attached hydrogen (secondary N) is 1. The van der Waals surface area contributed by atoms with Gasteiger partial charge in [-0.15, -0.1) is 0 Å². The Kier molecular flexibility index (Phi) is 5.76. The molecule has 20 heavy (non-hydrogen) atoms. The van der Waals surface area contributed by atoms with Gasteiger partial charge in [-0.2, -0.15) is 0 Å². The summed E-state index contributed by atoms with van der Waals surface area (Å²) in [5.74, 6) is 0. The highest BCUT2D eigenvalue weighted by Crippen LogP contribution is 2.27. The van der Waals surface area contributed by atoms with Gasteiger partial charge in [0.25, 0.3) is 0 Å². The van der Waals surface area contributed by atoms with E-state index in [1.165, 1.54) is 0 Å². The van der Waals surface area contributed by atoms with Gasteiger partial charge in [0.15, 0.2) is 0 Å². The van der Waals surface area contributed by atoms with Crippen LogP contribution in [0.2, 0.25) is 15.1 Å². The number of halogens is 4. The van der Waals surface area contributed by atoms with Gasteiger partial charge in [-0.1, -0.05) is 62.9 Å². The average molecular weight is 394 g/mol. The molecule has 0 fully saturated rings. The summed E-state index contributed by atoms with van der Waals surface area (Å²) < 4.78 is 0.972. The van der Waals surface area contributed by atoms with Crippen LogP contribution in [-0.2, 0) is 6.54 Å².